The van der Waals surface area contributed by atoms with Crippen molar-refractivity contribution in [2.45, 2.75) is 56.8 Å². The zero-order valence-corrected chi connectivity index (χ0v) is 14.5. The van der Waals surface area contributed by atoms with Crippen molar-refractivity contribution in [3.8, 4) is 0 Å². The molecule has 1 saturated heterocycles. The highest BCUT2D eigenvalue weighted by Gasteiger charge is 2.43. The number of rotatable bonds is 5. The molecule has 0 bridgehead atoms. The molecule has 1 heterocycles. The van der Waals surface area contributed by atoms with Crippen LogP contribution in [0.15, 0.2) is 30.3 Å². The van der Waals surface area contributed by atoms with Crippen molar-refractivity contribution in [2.24, 2.45) is 11.8 Å². The molecule has 5 atom stereocenters. The van der Waals surface area contributed by atoms with E-state index in [1.54, 1.807) is 0 Å². The monoisotopic (exact) mass is 328 g/mol. The molecule has 24 heavy (non-hydrogen) atoms. The summed E-state index contributed by atoms with van der Waals surface area (Å²) in [5.74, 6) is 1.87. The summed E-state index contributed by atoms with van der Waals surface area (Å²) in [6, 6.07) is 10.8. The van der Waals surface area contributed by atoms with Crippen LogP contribution in [0.4, 0.5) is 0 Å². The number of carbonyl (C=O) groups is 1. The van der Waals surface area contributed by atoms with Gasteiger partial charge in [-0.3, -0.25) is 4.79 Å². The molecule has 4 heteroatoms. The minimum Gasteiger partial charge on any atom is -0.381 e. The van der Waals surface area contributed by atoms with Crippen LogP contribution in [0.25, 0.3) is 0 Å². The quantitative estimate of drug-likeness (QED) is 0.903. The number of ether oxygens (including phenoxy) is 1. The summed E-state index contributed by atoms with van der Waals surface area (Å²) in [4.78, 5) is 14.7. The van der Waals surface area contributed by atoms with Crippen molar-refractivity contribution in [1.82, 2.24) is 10.2 Å². The minimum atomic E-state index is 0.0239. The van der Waals surface area contributed by atoms with Gasteiger partial charge in [-0.25, -0.2) is 0 Å². The highest BCUT2D eigenvalue weighted by Crippen LogP contribution is 2.45. The van der Waals surface area contributed by atoms with Gasteiger partial charge in [-0.1, -0.05) is 30.3 Å². The van der Waals surface area contributed by atoms with E-state index in [0.717, 1.165) is 31.3 Å². The molecule has 1 amide bonds. The van der Waals surface area contributed by atoms with Crippen LogP contribution >= 0.6 is 0 Å². The molecular formula is C20H28N2O2. The number of methoxy groups -OCH3 is 1. The Hall–Kier alpha value is -1.39. The zero-order valence-electron chi connectivity index (χ0n) is 14.5. The molecule has 1 aliphatic heterocycles. The predicted molar refractivity (Wildman–Crippen MR) is 93.4 cm³/mol. The van der Waals surface area contributed by atoms with Gasteiger partial charge in [0, 0.05) is 26.2 Å². The van der Waals surface area contributed by atoms with Crippen molar-refractivity contribution in [1.29, 1.82) is 0 Å². The molecule has 1 aromatic carbocycles. The SMILES string of the molecule is COC1C[C@H]2CC(NC3CCN(Cc4ccccc4)C3=O)C[C@H]2C1. The number of benzene rings is 1. The molecule has 3 fully saturated rings. The van der Waals surface area contributed by atoms with Gasteiger partial charge < -0.3 is 15.0 Å². The Morgan fingerprint density at radius 3 is 2.50 bits per heavy atom. The average molecular weight is 328 g/mol. The lowest BCUT2D eigenvalue weighted by Gasteiger charge is -2.21. The summed E-state index contributed by atoms with van der Waals surface area (Å²) in [6.45, 7) is 1.61. The van der Waals surface area contributed by atoms with Gasteiger partial charge >= 0.3 is 0 Å². The fourth-order valence-corrected chi connectivity index (χ4v) is 5.03. The Kier molecular flexibility index (Phi) is 4.59. The van der Waals surface area contributed by atoms with E-state index in [2.05, 4.69) is 17.4 Å². The number of hydrogen-bond acceptors (Lipinski definition) is 3. The third-order valence-electron chi connectivity index (χ3n) is 6.26. The maximum absolute atomic E-state index is 12.7. The molecule has 2 aliphatic carbocycles. The lowest BCUT2D eigenvalue weighted by molar-refractivity contribution is -0.130. The Balaban J connectivity index is 1.29. The van der Waals surface area contributed by atoms with Gasteiger partial charge in [-0.05, 0) is 49.5 Å². The summed E-state index contributed by atoms with van der Waals surface area (Å²) in [5.41, 5.74) is 1.22. The topological polar surface area (TPSA) is 41.6 Å². The van der Waals surface area contributed by atoms with E-state index in [1.807, 2.05) is 30.2 Å². The van der Waals surface area contributed by atoms with Crippen molar-refractivity contribution < 1.29 is 9.53 Å². The molecule has 0 radical (unpaired) electrons. The highest BCUT2D eigenvalue weighted by molar-refractivity contribution is 5.84. The van der Waals surface area contributed by atoms with Gasteiger partial charge in [0.15, 0.2) is 0 Å². The predicted octanol–water partition coefficient (Wildman–Crippen LogP) is 2.58. The van der Waals surface area contributed by atoms with E-state index < -0.39 is 0 Å². The van der Waals surface area contributed by atoms with Crippen molar-refractivity contribution in [3.63, 3.8) is 0 Å². The zero-order chi connectivity index (χ0) is 16.5. The summed E-state index contributed by atoms with van der Waals surface area (Å²) in [6.07, 6.45) is 6.25. The van der Waals surface area contributed by atoms with Crippen LogP contribution in [0.1, 0.15) is 37.7 Å². The van der Waals surface area contributed by atoms with Crippen LogP contribution in [0.5, 0.6) is 0 Å². The molecule has 3 aliphatic rings. The van der Waals surface area contributed by atoms with Gasteiger partial charge in [0.25, 0.3) is 0 Å². The minimum absolute atomic E-state index is 0.0239. The number of nitrogens with one attached hydrogen (secondary N) is 1. The average Bonchev–Trinajstić information content (AvgIpc) is 3.24. The molecule has 4 nitrogen and oxygen atoms in total. The molecular weight excluding hydrogens is 300 g/mol. The Morgan fingerprint density at radius 2 is 1.83 bits per heavy atom. The number of fused-ring (bicyclic) bond motifs is 1. The molecule has 4 rings (SSSR count). The summed E-state index contributed by atoms with van der Waals surface area (Å²) >= 11 is 0. The first-order chi connectivity index (χ1) is 11.7. The van der Waals surface area contributed by atoms with Crippen LogP contribution in [-0.2, 0) is 16.1 Å². The largest absolute Gasteiger partial charge is 0.381 e. The number of nitrogens with zero attached hydrogens (tertiary/aromatic N) is 1. The van der Waals surface area contributed by atoms with E-state index in [4.69, 9.17) is 4.74 Å². The van der Waals surface area contributed by atoms with Crippen LogP contribution < -0.4 is 5.32 Å². The first-order valence-corrected chi connectivity index (χ1v) is 9.34. The Morgan fingerprint density at radius 1 is 1.12 bits per heavy atom. The van der Waals surface area contributed by atoms with E-state index in [1.165, 1.54) is 31.2 Å². The molecule has 1 aromatic rings. The van der Waals surface area contributed by atoms with Crippen LogP contribution in [0.2, 0.25) is 0 Å². The molecule has 1 N–H and O–H groups in total. The fourth-order valence-electron chi connectivity index (χ4n) is 5.03. The molecule has 130 valence electrons. The van der Waals surface area contributed by atoms with Crippen LogP contribution in [-0.4, -0.2) is 42.6 Å². The number of carbonyl (C=O) groups excluding carboxylic acids is 1. The maximum atomic E-state index is 12.7. The van der Waals surface area contributed by atoms with Crippen LogP contribution in [0.3, 0.4) is 0 Å². The van der Waals surface area contributed by atoms with Crippen molar-refractivity contribution in [3.05, 3.63) is 35.9 Å². The lowest BCUT2D eigenvalue weighted by Crippen LogP contribution is -2.43. The number of amides is 1. The maximum Gasteiger partial charge on any atom is 0.240 e. The first-order valence-electron chi connectivity index (χ1n) is 9.34. The standard InChI is InChI=1S/C20H28N2O2/c1-24-18-11-15-9-17(10-16(15)12-18)21-19-7-8-22(20(19)23)13-14-5-3-2-4-6-14/h2-6,15-19,21H,7-13H2,1H3/t15-,16+,17?,18?,19?. The van der Waals surface area contributed by atoms with Gasteiger partial charge in [-0.2, -0.15) is 0 Å². The molecule has 0 aromatic heterocycles. The summed E-state index contributed by atoms with van der Waals surface area (Å²) in [7, 11) is 1.83. The second-order valence-corrected chi connectivity index (χ2v) is 7.77. The van der Waals surface area contributed by atoms with Crippen molar-refractivity contribution >= 4 is 5.91 Å². The molecule has 0 spiro atoms. The van der Waals surface area contributed by atoms with Crippen LogP contribution in [0, 0.1) is 11.8 Å². The third kappa shape index (κ3) is 3.22. The second kappa shape index (κ2) is 6.85. The summed E-state index contributed by atoms with van der Waals surface area (Å²) < 4.78 is 5.52. The van der Waals surface area contributed by atoms with Gasteiger partial charge in [0.05, 0.1) is 12.1 Å². The number of likely N-dealkylation sites (tertiary alicyclic amines) is 1. The fraction of sp³-hybridized carbons (Fsp3) is 0.650. The first kappa shape index (κ1) is 16.1. The second-order valence-electron chi connectivity index (χ2n) is 7.77. The lowest BCUT2D eigenvalue weighted by atomic mass is 10.0. The van der Waals surface area contributed by atoms with E-state index in [0.29, 0.717) is 12.1 Å². The van der Waals surface area contributed by atoms with Gasteiger partial charge in [0.1, 0.15) is 0 Å². The van der Waals surface area contributed by atoms with Gasteiger partial charge in [0.2, 0.25) is 5.91 Å². The number of hydrogen-bond donors (Lipinski definition) is 1. The van der Waals surface area contributed by atoms with E-state index in [9.17, 15) is 4.79 Å². The molecule has 2 saturated carbocycles. The Bertz CT molecular complexity index is 562. The van der Waals surface area contributed by atoms with E-state index >= 15 is 0 Å². The normalized spacial score (nSPS) is 35.6. The summed E-state index contributed by atoms with van der Waals surface area (Å²) in [5, 5.41) is 3.67. The molecule has 3 unspecified atom stereocenters. The van der Waals surface area contributed by atoms with Crippen molar-refractivity contribution in [2.75, 3.05) is 13.7 Å². The van der Waals surface area contributed by atoms with E-state index in [-0.39, 0.29) is 11.9 Å². The third-order valence-corrected chi connectivity index (χ3v) is 6.26. The van der Waals surface area contributed by atoms with Gasteiger partial charge in [-0.15, -0.1) is 0 Å². The highest BCUT2D eigenvalue weighted by atomic mass is 16.5. The Labute approximate surface area is 144 Å². The smallest absolute Gasteiger partial charge is 0.240 e.